The number of Topliss-reactive ketones (excluding diaryl/α,β-unsaturated/α-hetero) is 1. The molecule has 0 heterocycles. The van der Waals surface area contributed by atoms with Crippen molar-refractivity contribution in [1.29, 1.82) is 0 Å². The van der Waals surface area contributed by atoms with E-state index in [0.717, 1.165) is 22.3 Å². The van der Waals surface area contributed by atoms with Crippen molar-refractivity contribution in [1.82, 2.24) is 0 Å². The van der Waals surface area contributed by atoms with E-state index in [9.17, 15) is 14.9 Å². The third-order valence-electron chi connectivity index (χ3n) is 4.43. The number of nitro benzene ring substituents is 1. The van der Waals surface area contributed by atoms with Crippen molar-refractivity contribution in [3.63, 3.8) is 0 Å². The number of carbonyl (C=O) groups excluding carboxylic acids is 1. The topological polar surface area (TPSA) is 60.2 Å². The summed E-state index contributed by atoms with van der Waals surface area (Å²) in [7, 11) is 0. The Balaban J connectivity index is 2.09. The van der Waals surface area contributed by atoms with Crippen LogP contribution in [0.2, 0.25) is 0 Å². The van der Waals surface area contributed by atoms with Crippen molar-refractivity contribution in [2.75, 3.05) is 0 Å². The molecule has 0 unspecified atom stereocenters. The molecule has 0 fully saturated rings. The Bertz CT molecular complexity index is 898. The van der Waals surface area contributed by atoms with E-state index in [4.69, 9.17) is 0 Å². The van der Waals surface area contributed by atoms with Crippen LogP contribution in [0, 0.1) is 24.0 Å². The molecule has 0 radical (unpaired) electrons. The molecule has 0 saturated heterocycles. The van der Waals surface area contributed by atoms with Crippen LogP contribution in [0.1, 0.15) is 38.5 Å². The molecule has 130 valence electrons. The highest BCUT2D eigenvalue weighted by molar-refractivity contribution is 6.03. The van der Waals surface area contributed by atoms with Crippen LogP contribution in [0.15, 0.2) is 72.8 Å². The fourth-order valence-electron chi connectivity index (χ4n) is 2.95. The van der Waals surface area contributed by atoms with E-state index < -0.39 is 10.8 Å². The van der Waals surface area contributed by atoms with E-state index in [1.165, 1.54) is 12.1 Å². The van der Waals surface area contributed by atoms with Gasteiger partial charge in [0.05, 0.1) is 10.8 Å². The van der Waals surface area contributed by atoms with Crippen LogP contribution in [0.25, 0.3) is 0 Å². The molecule has 4 heteroatoms. The van der Waals surface area contributed by atoms with Crippen molar-refractivity contribution in [2.45, 2.75) is 19.8 Å². The SMILES string of the molecule is Cc1ccc(C(C(=O)c2cccc([N+](=O)[O-])c2)c2ccc(C)cc2)cc1. The summed E-state index contributed by atoms with van der Waals surface area (Å²) in [5.74, 6) is -0.653. The molecule has 3 aromatic rings. The van der Waals surface area contributed by atoms with Gasteiger partial charge in [-0.1, -0.05) is 71.8 Å². The van der Waals surface area contributed by atoms with E-state index in [-0.39, 0.29) is 11.5 Å². The van der Waals surface area contributed by atoms with E-state index in [2.05, 4.69) is 0 Å². The number of nitro groups is 1. The fraction of sp³-hybridized carbons (Fsp3) is 0.136. The Morgan fingerprint density at radius 3 is 1.81 bits per heavy atom. The first-order chi connectivity index (χ1) is 12.5. The number of hydrogen-bond acceptors (Lipinski definition) is 3. The van der Waals surface area contributed by atoms with E-state index in [1.54, 1.807) is 12.1 Å². The zero-order chi connectivity index (χ0) is 18.7. The van der Waals surface area contributed by atoms with Gasteiger partial charge in [0.15, 0.2) is 5.78 Å². The molecule has 0 aliphatic rings. The summed E-state index contributed by atoms with van der Waals surface area (Å²) >= 11 is 0. The summed E-state index contributed by atoms with van der Waals surface area (Å²) < 4.78 is 0. The lowest BCUT2D eigenvalue weighted by Crippen LogP contribution is -2.15. The lowest BCUT2D eigenvalue weighted by atomic mass is 9.84. The lowest BCUT2D eigenvalue weighted by molar-refractivity contribution is -0.384. The van der Waals surface area contributed by atoms with Gasteiger partial charge < -0.3 is 0 Å². The fourth-order valence-corrected chi connectivity index (χ4v) is 2.95. The van der Waals surface area contributed by atoms with Crippen LogP contribution < -0.4 is 0 Å². The number of non-ortho nitro benzene ring substituents is 1. The second-order valence-electron chi connectivity index (χ2n) is 6.43. The number of rotatable bonds is 5. The summed E-state index contributed by atoms with van der Waals surface area (Å²) in [5, 5.41) is 11.1. The standard InChI is InChI=1S/C22H19NO3/c1-15-6-10-17(11-7-15)21(18-12-8-16(2)9-13-18)22(24)19-4-3-5-20(14-19)23(25)26/h3-14,21H,1-2H3. The molecule has 26 heavy (non-hydrogen) atoms. The quantitative estimate of drug-likeness (QED) is 0.361. The predicted octanol–water partition coefficient (Wildman–Crippen LogP) is 5.23. The summed E-state index contributed by atoms with van der Waals surface area (Å²) in [6, 6.07) is 21.6. The lowest BCUT2D eigenvalue weighted by Gasteiger charge is -2.18. The van der Waals surface area contributed by atoms with E-state index in [0.29, 0.717) is 5.56 Å². The average molecular weight is 345 g/mol. The van der Waals surface area contributed by atoms with Crippen molar-refractivity contribution in [3.05, 3.63) is 111 Å². The molecule has 0 atom stereocenters. The van der Waals surface area contributed by atoms with Crippen LogP contribution in [0.4, 0.5) is 5.69 Å². The summed E-state index contributed by atoms with van der Waals surface area (Å²) in [6.07, 6.45) is 0. The van der Waals surface area contributed by atoms with Crippen molar-refractivity contribution >= 4 is 11.5 Å². The van der Waals surface area contributed by atoms with Gasteiger partial charge in [0.1, 0.15) is 0 Å². The first-order valence-electron chi connectivity index (χ1n) is 8.37. The van der Waals surface area contributed by atoms with Crippen molar-refractivity contribution in [2.24, 2.45) is 0 Å². The van der Waals surface area contributed by atoms with Crippen LogP contribution in [-0.4, -0.2) is 10.7 Å². The van der Waals surface area contributed by atoms with Gasteiger partial charge in [-0.3, -0.25) is 14.9 Å². The Labute approximate surface area is 152 Å². The first kappa shape index (κ1) is 17.5. The largest absolute Gasteiger partial charge is 0.293 e. The molecule has 3 rings (SSSR count). The summed E-state index contributed by atoms with van der Waals surface area (Å²) in [4.78, 5) is 23.8. The minimum atomic E-state index is -0.502. The molecule has 0 saturated carbocycles. The van der Waals surface area contributed by atoms with Crippen LogP contribution >= 0.6 is 0 Å². The third-order valence-corrected chi connectivity index (χ3v) is 4.43. The second kappa shape index (κ2) is 7.31. The third kappa shape index (κ3) is 3.70. The Morgan fingerprint density at radius 2 is 1.35 bits per heavy atom. The molecular formula is C22H19NO3. The molecule has 0 N–H and O–H groups in total. The number of aryl methyl sites for hydroxylation is 2. The Hall–Kier alpha value is -3.27. The predicted molar refractivity (Wildman–Crippen MR) is 102 cm³/mol. The van der Waals surface area contributed by atoms with Crippen LogP contribution in [0.5, 0.6) is 0 Å². The first-order valence-corrected chi connectivity index (χ1v) is 8.37. The van der Waals surface area contributed by atoms with Gasteiger partial charge in [-0.15, -0.1) is 0 Å². The number of nitrogens with zero attached hydrogens (tertiary/aromatic N) is 1. The van der Waals surface area contributed by atoms with Gasteiger partial charge in [-0.05, 0) is 25.0 Å². The minimum absolute atomic E-state index is 0.0811. The van der Waals surface area contributed by atoms with Gasteiger partial charge in [0.25, 0.3) is 5.69 Å². The number of benzene rings is 3. The summed E-state index contributed by atoms with van der Waals surface area (Å²) in [6.45, 7) is 3.99. The van der Waals surface area contributed by atoms with E-state index in [1.807, 2.05) is 62.4 Å². The van der Waals surface area contributed by atoms with Gasteiger partial charge in [0.2, 0.25) is 0 Å². The smallest absolute Gasteiger partial charge is 0.270 e. The normalized spacial score (nSPS) is 10.7. The maximum absolute atomic E-state index is 13.3. The highest BCUT2D eigenvalue weighted by atomic mass is 16.6. The maximum atomic E-state index is 13.3. The molecule has 3 aromatic carbocycles. The van der Waals surface area contributed by atoms with Gasteiger partial charge in [-0.2, -0.15) is 0 Å². The highest BCUT2D eigenvalue weighted by Crippen LogP contribution is 2.30. The van der Waals surface area contributed by atoms with Crippen LogP contribution in [-0.2, 0) is 0 Å². The van der Waals surface area contributed by atoms with Gasteiger partial charge >= 0.3 is 0 Å². The number of ketones is 1. The number of carbonyl (C=O) groups is 1. The van der Waals surface area contributed by atoms with Gasteiger partial charge in [0, 0.05) is 17.7 Å². The van der Waals surface area contributed by atoms with E-state index >= 15 is 0 Å². The molecule has 0 aliphatic heterocycles. The minimum Gasteiger partial charge on any atom is -0.293 e. The highest BCUT2D eigenvalue weighted by Gasteiger charge is 2.25. The van der Waals surface area contributed by atoms with Crippen molar-refractivity contribution < 1.29 is 9.72 Å². The molecule has 4 nitrogen and oxygen atoms in total. The Morgan fingerprint density at radius 1 is 0.846 bits per heavy atom. The van der Waals surface area contributed by atoms with Crippen LogP contribution in [0.3, 0.4) is 0 Å². The maximum Gasteiger partial charge on any atom is 0.270 e. The Kier molecular flexibility index (Phi) is 4.94. The molecule has 0 aliphatic carbocycles. The monoisotopic (exact) mass is 345 g/mol. The molecular weight excluding hydrogens is 326 g/mol. The summed E-state index contributed by atoms with van der Waals surface area (Å²) in [5.41, 5.74) is 4.22. The molecule has 0 spiro atoms. The molecule has 0 aromatic heterocycles. The average Bonchev–Trinajstić information content (AvgIpc) is 2.65. The van der Waals surface area contributed by atoms with Gasteiger partial charge in [-0.25, -0.2) is 0 Å². The zero-order valence-corrected chi connectivity index (χ0v) is 14.7. The molecule has 0 amide bonds. The molecule has 0 bridgehead atoms. The number of hydrogen-bond donors (Lipinski definition) is 0. The van der Waals surface area contributed by atoms with Crippen molar-refractivity contribution in [3.8, 4) is 0 Å². The zero-order valence-electron chi connectivity index (χ0n) is 14.7. The second-order valence-corrected chi connectivity index (χ2v) is 6.43.